The topological polar surface area (TPSA) is 87.0 Å². The van der Waals surface area contributed by atoms with Gasteiger partial charge in [-0.2, -0.15) is 0 Å². The Balaban J connectivity index is 4.02. The molecule has 0 rings (SSSR count). The van der Waals surface area contributed by atoms with Gasteiger partial charge in [0.05, 0.1) is 6.61 Å². The fraction of sp³-hybridized carbons (Fsp3) is 0.833. The highest BCUT2D eigenvalue weighted by atomic mass is 16.5. The Morgan fingerprint density at radius 3 is 2.36 bits per heavy atom. The molecule has 3 N–H and O–H groups in total. The van der Waals surface area contributed by atoms with Crippen LogP contribution in [0.5, 0.6) is 0 Å². The monoisotopic (exact) mass is 164 g/mol. The zero-order valence-electron chi connectivity index (χ0n) is 6.17. The summed E-state index contributed by atoms with van der Waals surface area (Å²) in [7, 11) is 1.23. The van der Waals surface area contributed by atoms with E-state index >= 15 is 0 Å². The summed E-state index contributed by atoms with van der Waals surface area (Å²) >= 11 is 0. The molecular formula is C6H12O5. The molecule has 0 aliphatic carbocycles. The standard InChI is InChI=1S/C6H12O5/c1-11-6(4(9)2-7)5(10)3-8/h2,4-6,8-10H,3H2,1H3/t4-,5-,6+/m0/s1. The number of carbonyl (C=O) groups is 1. The summed E-state index contributed by atoms with van der Waals surface area (Å²) in [6, 6.07) is 0. The highest BCUT2D eigenvalue weighted by molar-refractivity contribution is 5.56. The van der Waals surface area contributed by atoms with Crippen molar-refractivity contribution in [3.05, 3.63) is 0 Å². The molecule has 0 aliphatic rings. The molecule has 5 heteroatoms. The first-order chi connectivity index (χ1) is 5.17. The lowest BCUT2D eigenvalue weighted by molar-refractivity contribution is -0.132. The van der Waals surface area contributed by atoms with Crippen molar-refractivity contribution in [2.75, 3.05) is 13.7 Å². The minimum absolute atomic E-state index is 0.243. The Labute approximate surface area is 64.2 Å². The van der Waals surface area contributed by atoms with Gasteiger partial charge < -0.3 is 24.9 Å². The molecule has 0 bridgehead atoms. The Kier molecular flexibility index (Phi) is 4.97. The molecule has 0 aromatic rings. The Hall–Kier alpha value is -0.490. The second kappa shape index (κ2) is 5.20. The van der Waals surface area contributed by atoms with Crippen LogP contribution in [0.3, 0.4) is 0 Å². The van der Waals surface area contributed by atoms with Crippen LogP contribution >= 0.6 is 0 Å². The first-order valence-electron chi connectivity index (χ1n) is 3.12. The van der Waals surface area contributed by atoms with Crippen molar-refractivity contribution in [1.29, 1.82) is 0 Å². The number of aliphatic hydroxyl groups excluding tert-OH is 3. The number of carbonyl (C=O) groups excluding carboxylic acids is 1. The summed E-state index contributed by atoms with van der Waals surface area (Å²) in [5.74, 6) is 0. The van der Waals surface area contributed by atoms with Gasteiger partial charge in [-0.05, 0) is 0 Å². The molecule has 0 aromatic heterocycles. The number of ether oxygens (including phenoxy) is 1. The van der Waals surface area contributed by atoms with Gasteiger partial charge in [0.2, 0.25) is 0 Å². The minimum Gasteiger partial charge on any atom is -0.394 e. The van der Waals surface area contributed by atoms with E-state index in [1.165, 1.54) is 7.11 Å². The molecule has 0 spiro atoms. The zero-order valence-corrected chi connectivity index (χ0v) is 6.17. The van der Waals surface area contributed by atoms with Gasteiger partial charge in [0, 0.05) is 7.11 Å². The maximum atomic E-state index is 10.0. The van der Waals surface area contributed by atoms with Crippen LogP contribution in [0.4, 0.5) is 0 Å². The molecule has 5 nitrogen and oxygen atoms in total. The van der Waals surface area contributed by atoms with Crippen LogP contribution in [0.15, 0.2) is 0 Å². The van der Waals surface area contributed by atoms with Crippen LogP contribution < -0.4 is 0 Å². The van der Waals surface area contributed by atoms with Gasteiger partial charge in [0.15, 0.2) is 6.29 Å². The number of aldehydes is 1. The van der Waals surface area contributed by atoms with E-state index in [9.17, 15) is 4.79 Å². The number of hydrogen-bond acceptors (Lipinski definition) is 5. The van der Waals surface area contributed by atoms with Gasteiger partial charge in [-0.3, -0.25) is 0 Å². The summed E-state index contributed by atoms with van der Waals surface area (Å²) in [6.07, 6.45) is -3.45. The normalized spacial score (nSPS) is 18.9. The SMILES string of the molecule is CO[C@H]([C@@H](O)C=O)[C@@H](O)CO. The van der Waals surface area contributed by atoms with Crippen LogP contribution in [0.2, 0.25) is 0 Å². The third kappa shape index (κ3) is 2.94. The fourth-order valence-electron chi connectivity index (χ4n) is 0.705. The summed E-state index contributed by atoms with van der Waals surface area (Å²) in [6.45, 7) is -0.552. The van der Waals surface area contributed by atoms with E-state index in [1.807, 2.05) is 0 Å². The highest BCUT2D eigenvalue weighted by Gasteiger charge is 2.25. The first kappa shape index (κ1) is 10.5. The lowest BCUT2D eigenvalue weighted by atomic mass is 10.1. The number of methoxy groups -OCH3 is 1. The van der Waals surface area contributed by atoms with E-state index in [0.29, 0.717) is 0 Å². The van der Waals surface area contributed by atoms with E-state index in [0.717, 1.165) is 0 Å². The average Bonchev–Trinajstić information content (AvgIpc) is 2.05. The van der Waals surface area contributed by atoms with Gasteiger partial charge in [-0.25, -0.2) is 0 Å². The summed E-state index contributed by atoms with van der Waals surface area (Å²) in [5.41, 5.74) is 0. The number of hydrogen-bond donors (Lipinski definition) is 3. The van der Waals surface area contributed by atoms with E-state index < -0.39 is 24.9 Å². The quantitative estimate of drug-likeness (QED) is 0.406. The van der Waals surface area contributed by atoms with Gasteiger partial charge in [-0.15, -0.1) is 0 Å². The number of rotatable bonds is 5. The predicted octanol–water partition coefficient (Wildman–Crippen LogP) is -2.09. The molecule has 0 aliphatic heterocycles. The molecule has 3 atom stereocenters. The van der Waals surface area contributed by atoms with Crippen LogP contribution in [-0.2, 0) is 9.53 Å². The molecule has 0 saturated carbocycles. The van der Waals surface area contributed by atoms with Crippen molar-refractivity contribution in [2.24, 2.45) is 0 Å². The second-order valence-corrected chi connectivity index (χ2v) is 2.08. The second-order valence-electron chi connectivity index (χ2n) is 2.08. The Morgan fingerprint density at radius 1 is 1.55 bits per heavy atom. The fourth-order valence-corrected chi connectivity index (χ4v) is 0.705. The molecule has 0 fully saturated rings. The van der Waals surface area contributed by atoms with E-state index in [4.69, 9.17) is 15.3 Å². The average molecular weight is 164 g/mol. The molecule has 0 aromatic carbocycles. The van der Waals surface area contributed by atoms with Crippen LogP contribution in [-0.4, -0.2) is 53.6 Å². The van der Waals surface area contributed by atoms with Crippen LogP contribution in [0.1, 0.15) is 0 Å². The Morgan fingerprint density at radius 2 is 2.09 bits per heavy atom. The van der Waals surface area contributed by atoms with E-state index in [-0.39, 0.29) is 6.29 Å². The van der Waals surface area contributed by atoms with Crippen LogP contribution in [0.25, 0.3) is 0 Å². The molecule has 0 unspecified atom stereocenters. The van der Waals surface area contributed by atoms with Gasteiger partial charge in [0.1, 0.15) is 18.3 Å². The zero-order chi connectivity index (χ0) is 8.85. The predicted molar refractivity (Wildman–Crippen MR) is 36.0 cm³/mol. The first-order valence-corrected chi connectivity index (χ1v) is 3.12. The molecular weight excluding hydrogens is 152 g/mol. The van der Waals surface area contributed by atoms with Crippen molar-refractivity contribution in [3.8, 4) is 0 Å². The number of aliphatic hydroxyl groups is 3. The maximum Gasteiger partial charge on any atom is 0.151 e. The smallest absolute Gasteiger partial charge is 0.151 e. The summed E-state index contributed by atoms with van der Waals surface area (Å²) in [4.78, 5) is 10.0. The molecule has 11 heavy (non-hydrogen) atoms. The molecule has 0 saturated heterocycles. The summed E-state index contributed by atoms with van der Waals surface area (Å²) < 4.78 is 4.56. The van der Waals surface area contributed by atoms with Crippen molar-refractivity contribution in [1.82, 2.24) is 0 Å². The maximum absolute atomic E-state index is 10.0. The Bertz CT molecular complexity index is 116. The summed E-state index contributed by atoms with van der Waals surface area (Å²) in [5, 5.41) is 26.2. The van der Waals surface area contributed by atoms with E-state index in [1.54, 1.807) is 0 Å². The lowest BCUT2D eigenvalue weighted by Crippen LogP contribution is -2.41. The molecule has 0 radical (unpaired) electrons. The van der Waals surface area contributed by atoms with Crippen molar-refractivity contribution < 1.29 is 24.9 Å². The van der Waals surface area contributed by atoms with Gasteiger partial charge in [0.25, 0.3) is 0 Å². The highest BCUT2D eigenvalue weighted by Crippen LogP contribution is 2.01. The largest absolute Gasteiger partial charge is 0.394 e. The van der Waals surface area contributed by atoms with Crippen molar-refractivity contribution in [2.45, 2.75) is 18.3 Å². The van der Waals surface area contributed by atoms with Crippen molar-refractivity contribution >= 4 is 6.29 Å². The minimum atomic E-state index is -1.40. The van der Waals surface area contributed by atoms with Crippen LogP contribution in [0, 0.1) is 0 Å². The third-order valence-electron chi connectivity index (χ3n) is 1.31. The third-order valence-corrected chi connectivity index (χ3v) is 1.31. The van der Waals surface area contributed by atoms with E-state index in [2.05, 4.69) is 4.74 Å². The lowest BCUT2D eigenvalue weighted by Gasteiger charge is -2.21. The molecule has 0 heterocycles. The van der Waals surface area contributed by atoms with Gasteiger partial charge >= 0.3 is 0 Å². The molecule has 0 amide bonds. The molecule has 66 valence electrons. The van der Waals surface area contributed by atoms with Gasteiger partial charge in [-0.1, -0.05) is 0 Å². The van der Waals surface area contributed by atoms with Crippen molar-refractivity contribution in [3.63, 3.8) is 0 Å².